The van der Waals surface area contributed by atoms with Crippen LogP contribution >= 0.6 is 0 Å². The summed E-state index contributed by atoms with van der Waals surface area (Å²) in [6.45, 7) is 1.76. The van der Waals surface area contributed by atoms with Gasteiger partial charge in [-0.15, -0.1) is 0 Å². The van der Waals surface area contributed by atoms with Crippen LogP contribution < -0.4 is 5.32 Å². The van der Waals surface area contributed by atoms with Crippen LogP contribution in [-0.4, -0.2) is 62.2 Å². The molecule has 0 spiro atoms. The molecule has 136 valence electrons. The topological polar surface area (TPSA) is 86.8 Å². The van der Waals surface area contributed by atoms with E-state index >= 15 is 0 Å². The summed E-state index contributed by atoms with van der Waals surface area (Å²) in [4.78, 5) is 26.1. The highest BCUT2D eigenvalue weighted by Gasteiger charge is 2.30. The van der Waals surface area contributed by atoms with Gasteiger partial charge in [0, 0.05) is 31.7 Å². The smallest absolute Gasteiger partial charge is 0.253 e. The first-order chi connectivity index (χ1) is 12.0. The van der Waals surface area contributed by atoms with Gasteiger partial charge >= 0.3 is 0 Å². The van der Waals surface area contributed by atoms with Crippen LogP contribution in [0, 0.1) is 0 Å². The van der Waals surface area contributed by atoms with Crippen molar-refractivity contribution in [3.63, 3.8) is 0 Å². The minimum atomic E-state index is -3.79. The van der Waals surface area contributed by atoms with Gasteiger partial charge in [-0.1, -0.05) is 18.9 Å². The van der Waals surface area contributed by atoms with Gasteiger partial charge in [-0.3, -0.25) is 9.59 Å². The number of carbonyl (C=O) groups is 2. The Bertz CT molecular complexity index is 755. The second-order valence-electron chi connectivity index (χ2n) is 6.42. The Hall–Kier alpha value is -1.93. The Morgan fingerprint density at radius 2 is 1.76 bits per heavy atom. The van der Waals surface area contributed by atoms with E-state index in [-0.39, 0.29) is 29.8 Å². The molecule has 7 nitrogen and oxygen atoms in total. The van der Waals surface area contributed by atoms with E-state index < -0.39 is 10.0 Å². The minimum Gasteiger partial charge on any atom is -0.354 e. The summed E-state index contributed by atoms with van der Waals surface area (Å²) in [6.07, 6.45) is 4.20. The average molecular weight is 365 g/mol. The first-order valence-electron chi connectivity index (χ1n) is 8.65. The van der Waals surface area contributed by atoms with Crippen LogP contribution in [0.4, 0.5) is 0 Å². The normalized spacial score (nSPS) is 20.0. The Kier molecular flexibility index (Phi) is 5.39. The molecule has 2 aliphatic heterocycles. The number of likely N-dealkylation sites (tertiary alicyclic amines) is 1. The van der Waals surface area contributed by atoms with E-state index in [1.165, 1.54) is 12.1 Å². The van der Waals surface area contributed by atoms with Crippen molar-refractivity contribution in [2.45, 2.75) is 30.6 Å². The van der Waals surface area contributed by atoms with Crippen molar-refractivity contribution in [2.24, 2.45) is 0 Å². The summed E-state index contributed by atoms with van der Waals surface area (Å²) >= 11 is 0. The summed E-state index contributed by atoms with van der Waals surface area (Å²) < 4.78 is 26.7. The first kappa shape index (κ1) is 17.9. The van der Waals surface area contributed by atoms with Crippen molar-refractivity contribution in [2.75, 3.05) is 32.7 Å². The fourth-order valence-electron chi connectivity index (χ4n) is 3.22. The third-order valence-corrected chi connectivity index (χ3v) is 6.46. The van der Waals surface area contributed by atoms with Crippen molar-refractivity contribution >= 4 is 21.8 Å². The number of piperazine rings is 1. The molecule has 0 atom stereocenters. The zero-order chi connectivity index (χ0) is 17.9. The van der Waals surface area contributed by atoms with Crippen LogP contribution in [0.25, 0.3) is 0 Å². The fourth-order valence-corrected chi connectivity index (χ4v) is 4.66. The number of hydrogen-bond donors (Lipinski definition) is 1. The summed E-state index contributed by atoms with van der Waals surface area (Å²) in [5.74, 6) is -0.443. The molecule has 2 fully saturated rings. The summed E-state index contributed by atoms with van der Waals surface area (Å²) in [6, 6.07) is 6.13. The van der Waals surface area contributed by atoms with Gasteiger partial charge in [0.05, 0.1) is 11.4 Å². The SMILES string of the molecule is O=C1CN(S(=O)(=O)c2cccc(C(=O)N3CCCCCC3)c2)CCN1. The highest BCUT2D eigenvalue weighted by Crippen LogP contribution is 2.20. The second kappa shape index (κ2) is 7.53. The van der Waals surface area contributed by atoms with Gasteiger partial charge in [-0.05, 0) is 31.0 Å². The highest BCUT2D eigenvalue weighted by molar-refractivity contribution is 7.89. The maximum atomic E-state index is 12.8. The number of hydrogen-bond acceptors (Lipinski definition) is 4. The average Bonchev–Trinajstić information content (AvgIpc) is 2.90. The lowest BCUT2D eigenvalue weighted by atomic mass is 10.2. The maximum absolute atomic E-state index is 12.8. The third-order valence-electron chi connectivity index (χ3n) is 4.62. The molecule has 1 aromatic rings. The number of rotatable bonds is 3. The molecule has 2 aliphatic rings. The molecule has 0 aromatic heterocycles. The van der Waals surface area contributed by atoms with Crippen LogP contribution in [0.1, 0.15) is 36.0 Å². The van der Waals surface area contributed by atoms with Crippen LogP contribution in [0.15, 0.2) is 29.2 Å². The minimum absolute atomic E-state index is 0.0582. The van der Waals surface area contributed by atoms with Gasteiger partial charge in [0.15, 0.2) is 0 Å². The zero-order valence-corrected chi connectivity index (χ0v) is 14.9. The van der Waals surface area contributed by atoms with E-state index in [9.17, 15) is 18.0 Å². The number of nitrogens with one attached hydrogen (secondary N) is 1. The molecule has 0 saturated carbocycles. The van der Waals surface area contributed by atoms with E-state index in [1.54, 1.807) is 17.0 Å². The Labute approximate surface area is 148 Å². The Morgan fingerprint density at radius 3 is 2.44 bits per heavy atom. The van der Waals surface area contributed by atoms with Gasteiger partial charge in [0.2, 0.25) is 15.9 Å². The molecule has 0 unspecified atom stereocenters. The van der Waals surface area contributed by atoms with Crippen molar-refractivity contribution in [3.05, 3.63) is 29.8 Å². The van der Waals surface area contributed by atoms with Crippen molar-refractivity contribution in [3.8, 4) is 0 Å². The largest absolute Gasteiger partial charge is 0.354 e. The molecule has 2 amide bonds. The molecule has 0 aliphatic carbocycles. The van der Waals surface area contributed by atoms with E-state index in [1.807, 2.05) is 0 Å². The zero-order valence-electron chi connectivity index (χ0n) is 14.1. The van der Waals surface area contributed by atoms with Crippen LogP contribution in [0.3, 0.4) is 0 Å². The summed E-state index contributed by atoms with van der Waals surface area (Å²) in [7, 11) is -3.79. The predicted molar refractivity (Wildman–Crippen MR) is 92.6 cm³/mol. The van der Waals surface area contributed by atoms with Crippen LogP contribution in [-0.2, 0) is 14.8 Å². The number of sulfonamides is 1. The van der Waals surface area contributed by atoms with E-state index in [0.717, 1.165) is 30.0 Å². The first-order valence-corrected chi connectivity index (χ1v) is 10.1. The maximum Gasteiger partial charge on any atom is 0.253 e. The van der Waals surface area contributed by atoms with Gasteiger partial charge < -0.3 is 10.2 Å². The van der Waals surface area contributed by atoms with Crippen LogP contribution in [0.2, 0.25) is 0 Å². The second-order valence-corrected chi connectivity index (χ2v) is 8.36. The number of amides is 2. The van der Waals surface area contributed by atoms with Gasteiger partial charge in [0.1, 0.15) is 0 Å². The van der Waals surface area contributed by atoms with Gasteiger partial charge in [0.25, 0.3) is 5.91 Å². The van der Waals surface area contributed by atoms with Gasteiger partial charge in [-0.2, -0.15) is 4.31 Å². The third kappa shape index (κ3) is 4.01. The standard InChI is InChI=1S/C17H23N3O4S/c21-16-13-20(11-8-18-16)25(23,24)15-7-5-6-14(12-15)17(22)19-9-3-1-2-4-10-19/h5-7,12H,1-4,8-11,13H2,(H,18,21). The molecule has 1 N–H and O–H groups in total. The number of benzene rings is 1. The lowest BCUT2D eigenvalue weighted by molar-refractivity contribution is -0.122. The molecule has 1 aromatic carbocycles. The summed E-state index contributed by atoms with van der Waals surface area (Å²) in [5, 5.41) is 2.61. The Balaban J connectivity index is 1.83. The molecular formula is C17H23N3O4S. The molecule has 8 heteroatoms. The summed E-state index contributed by atoms with van der Waals surface area (Å²) in [5.41, 5.74) is 0.379. The molecule has 25 heavy (non-hydrogen) atoms. The molecule has 2 saturated heterocycles. The van der Waals surface area contributed by atoms with Crippen molar-refractivity contribution in [1.82, 2.24) is 14.5 Å². The molecule has 0 bridgehead atoms. The molecule has 2 heterocycles. The van der Waals surface area contributed by atoms with E-state index in [4.69, 9.17) is 0 Å². The number of carbonyl (C=O) groups excluding carboxylic acids is 2. The van der Waals surface area contributed by atoms with Crippen molar-refractivity contribution in [1.29, 1.82) is 0 Å². The van der Waals surface area contributed by atoms with Gasteiger partial charge in [-0.25, -0.2) is 8.42 Å². The molecule has 0 radical (unpaired) electrons. The lowest BCUT2D eigenvalue weighted by Crippen LogP contribution is -2.49. The lowest BCUT2D eigenvalue weighted by Gasteiger charge is -2.26. The monoisotopic (exact) mass is 365 g/mol. The van der Waals surface area contributed by atoms with E-state index in [0.29, 0.717) is 25.2 Å². The predicted octanol–water partition coefficient (Wildman–Crippen LogP) is 0.823. The Morgan fingerprint density at radius 1 is 1.04 bits per heavy atom. The van der Waals surface area contributed by atoms with E-state index in [2.05, 4.69) is 5.32 Å². The number of nitrogens with zero attached hydrogens (tertiary/aromatic N) is 2. The highest BCUT2D eigenvalue weighted by atomic mass is 32.2. The molecular weight excluding hydrogens is 342 g/mol. The quantitative estimate of drug-likeness (QED) is 0.859. The fraction of sp³-hybridized carbons (Fsp3) is 0.529. The van der Waals surface area contributed by atoms with Crippen LogP contribution in [0.5, 0.6) is 0 Å². The van der Waals surface area contributed by atoms with Crippen molar-refractivity contribution < 1.29 is 18.0 Å². The molecule has 3 rings (SSSR count).